The van der Waals surface area contributed by atoms with Crippen LogP contribution in [0, 0.1) is 13.8 Å². The molecule has 5 rings (SSSR count). The third kappa shape index (κ3) is 5.80. The van der Waals surface area contributed by atoms with Crippen LogP contribution in [-0.2, 0) is 30.3 Å². The fourth-order valence-electron chi connectivity index (χ4n) is 5.65. The molecule has 0 saturated heterocycles. The van der Waals surface area contributed by atoms with Gasteiger partial charge in [-0.1, -0.05) is 0 Å². The Morgan fingerprint density at radius 3 is 2.02 bits per heavy atom. The smallest absolute Gasteiger partial charge is 0.305 e. The summed E-state index contributed by atoms with van der Waals surface area (Å²) < 4.78 is 28.0. The van der Waals surface area contributed by atoms with E-state index in [0.29, 0.717) is 68.8 Å². The molecule has 9 heteroatoms. The normalized spacial score (nSPS) is 13.7. The number of hydrogen-bond donors (Lipinski definition) is 2. The molecule has 222 valence electrons. The Bertz CT molecular complexity index is 2020. The Balaban J connectivity index is 1.95. The van der Waals surface area contributed by atoms with E-state index >= 15 is 0 Å². The maximum absolute atomic E-state index is 12.9. The number of Topliss-reactive ketones (excluding diaryl/α,β-unsaturated/α-hetero) is 1. The minimum Gasteiger partial charge on any atom is -0.469 e. The van der Waals surface area contributed by atoms with Crippen LogP contribution in [0.2, 0.25) is 2.82 Å². The van der Waals surface area contributed by atoms with Crippen LogP contribution in [0.5, 0.6) is 0 Å². The monoisotopic (exact) mass is 582 g/mol. The lowest BCUT2D eigenvalue weighted by Crippen LogP contribution is -2.02. The summed E-state index contributed by atoms with van der Waals surface area (Å²) in [5, 5.41) is 0. The zero-order valence-corrected chi connectivity index (χ0v) is 25.5. The Morgan fingerprint density at radius 1 is 0.744 bits per heavy atom. The molecule has 0 saturated carbocycles. The largest absolute Gasteiger partial charge is 0.469 e. The topological polar surface area (TPSA) is 127 Å². The summed E-state index contributed by atoms with van der Waals surface area (Å²) in [7, 11) is 2.69. The number of aryl methyl sites for hydroxylation is 3. The Kier molecular flexibility index (Phi) is 7.45. The number of hydrogen-bond acceptors (Lipinski definition) is 7. The summed E-state index contributed by atoms with van der Waals surface area (Å²) in [4.78, 5) is 49.6. The van der Waals surface area contributed by atoms with Crippen molar-refractivity contribution < 1.29 is 26.7 Å². The number of carbonyl (C=O) groups is 3. The number of aromatic amines is 2. The number of ketones is 1. The lowest BCUT2D eigenvalue weighted by atomic mass is 10.00. The van der Waals surface area contributed by atoms with E-state index in [1.54, 1.807) is 18.2 Å². The molecule has 8 bridgehead atoms. The second-order valence-electron chi connectivity index (χ2n) is 10.9. The molecule has 2 N–H and O–H groups in total. The zero-order valence-electron chi connectivity index (χ0n) is 27.5. The quantitative estimate of drug-likeness (QED) is 0.307. The number of H-pyrrole nitrogens is 2. The first-order chi connectivity index (χ1) is 21.4. The van der Waals surface area contributed by atoms with E-state index in [2.05, 4.69) is 0 Å². The highest BCUT2D eigenvalue weighted by molar-refractivity contribution is 6.27. The van der Waals surface area contributed by atoms with Crippen molar-refractivity contribution in [1.29, 1.82) is 0 Å². The fourth-order valence-corrected chi connectivity index (χ4v) is 5.65. The lowest BCUT2D eigenvalue weighted by molar-refractivity contribution is -0.141. The summed E-state index contributed by atoms with van der Waals surface area (Å²) in [6.07, 6.45) is 0.924. The van der Waals surface area contributed by atoms with Gasteiger partial charge in [-0.3, -0.25) is 14.4 Å². The van der Waals surface area contributed by atoms with Crippen molar-refractivity contribution in [3.63, 3.8) is 0 Å². The third-order valence-electron chi connectivity index (χ3n) is 8.12. The van der Waals surface area contributed by atoms with Crippen LogP contribution in [0.15, 0.2) is 30.3 Å². The van der Waals surface area contributed by atoms with Gasteiger partial charge in [-0.05, 0) is 111 Å². The van der Waals surface area contributed by atoms with Crippen LogP contribution in [0.25, 0.3) is 44.4 Å². The molecule has 0 fully saturated rings. The summed E-state index contributed by atoms with van der Waals surface area (Å²) >= 11 is 0. The van der Waals surface area contributed by atoms with Crippen LogP contribution in [-0.4, -0.2) is 51.9 Å². The minimum absolute atomic E-state index is 0.108. The van der Waals surface area contributed by atoms with Crippen molar-refractivity contribution >= 4 is 62.1 Å². The van der Waals surface area contributed by atoms with Crippen LogP contribution in [0.1, 0.15) is 79.5 Å². The number of ether oxygens (including phenoxy) is 2. The third-order valence-corrected chi connectivity index (χ3v) is 8.12. The van der Waals surface area contributed by atoms with Crippen LogP contribution < -0.4 is 0 Å². The minimum atomic E-state index is -0.375. The van der Waals surface area contributed by atoms with Crippen molar-refractivity contribution in [2.45, 2.75) is 60.3 Å². The molecule has 3 aromatic heterocycles. The molecule has 9 nitrogen and oxygen atoms in total. The number of fused-ring (bicyclic) bond motifs is 8. The molecule has 0 amide bonds. The van der Waals surface area contributed by atoms with Crippen LogP contribution >= 0.6 is 0 Å². The Hall–Kier alpha value is -4.79. The molecule has 3 aromatic rings. The predicted molar refractivity (Wildman–Crippen MR) is 168 cm³/mol. The molecule has 0 radical (unpaired) electrons. The van der Waals surface area contributed by atoms with E-state index in [4.69, 9.17) is 20.9 Å². The van der Waals surface area contributed by atoms with Crippen molar-refractivity contribution in [1.82, 2.24) is 19.9 Å². The SMILES string of the molecule is [2H]n1c2cc3nc(cc4c(C)c(CCC(=O)OC)c(cc5nc(cc1c(C)c2)C(C)=C5CCC(=O)OC)n4[2H])C(C(C)=O)=C3C. The number of esters is 2. The summed E-state index contributed by atoms with van der Waals surface area (Å²) in [5.74, 6) is -0.886. The van der Waals surface area contributed by atoms with Gasteiger partial charge in [0.1, 0.15) is 0 Å². The molecule has 2 aliphatic heterocycles. The molecule has 2 aliphatic rings. The second-order valence-corrected chi connectivity index (χ2v) is 10.9. The number of allylic oxidation sites excluding steroid dienone is 4. The van der Waals surface area contributed by atoms with Crippen molar-refractivity contribution in [3.05, 3.63) is 69.8 Å². The molecular formula is C34H36N4O5. The number of methoxy groups -OCH3 is 2. The highest BCUT2D eigenvalue weighted by atomic mass is 16.5. The molecular weight excluding hydrogens is 544 g/mol. The van der Waals surface area contributed by atoms with E-state index in [1.165, 1.54) is 31.1 Å². The Labute approximate surface area is 253 Å². The van der Waals surface area contributed by atoms with E-state index in [-0.39, 0.29) is 30.6 Å². The molecule has 43 heavy (non-hydrogen) atoms. The van der Waals surface area contributed by atoms with Gasteiger partial charge >= 0.3 is 11.9 Å². The van der Waals surface area contributed by atoms with Crippen molar-refractivity contribution in [2.24, 2.45) is 0 Å². The first-order valence-corrected chi connectivity index (χ1v) is 14.2. The molecule has 0 atom stereocenters. The first kappa shape index (κ1) is 27.1. The summed E-state index contributed by atoms with van der Waals surface area (Å²) in [5.41, 5.74) is 9.63. The number of nitrogens with one attached hydrogen (secondary N) is 2. The number of carbonyl (C=O) groups excluding carboxylic acids is 3. The van der Waals surface area contributed by atoms with Gasteiger partial charge in [0, 0.05) is 40.5 Å². The van der Waals surface area contributed by atoms with Crippen LogP contribution in [0.3, 0.4) is 0 Å². The van der Waals surface area contributed by atoms with E-state index < -0.39 is 0 Å². The van der Waals surface area contributed by atoms with Gasteiger partial charge in [-0.2, -0.15) is 0 Å². The van der Waals surface area contributed by atoms with Gasteiger partial charge in [-0.15, -0.1) is 0 Å². The zero-order chi connectivity index (χ0) is 32.7. The molecule has 0 aliphatic carbocycles. The highest BCUT2D eigenvalue weighted by Crippen LogP contribution is 2.36. The lowest BCUT2D eigenvalue weighted by Gasteiger charge is -2.04. The maximum atomic E-state index is 12.9. The molecule has 0 unspecified atom stereocenters. The van der Waals surface area contributed by atoms with Gasteiger partial charge in [0.15, 0.2) is 8.61 Å². The van der Waals surface area contributed by atoms with Crippen molar-refractivity contribution in [3.8, 4) is 0 Å². The first-order valence-electron chi connectivity index (χ1n) is 15.1. The maximum Gasteiger partial charge on any atom is 0.305 e. The average Bonchev–Trinajstić information content (AvgIpc) is 3.63. The molecule has 0 aromatic carbocycles. The molecule has 5 heterocycles. The van der Waals surface area contributed by atoms with Gasteiger partial charge in [0.05, 0.1) is 37.0 Å². The van der Waals surface area contributed by atoms with E-state index in [9.17, 15) is 15.8 Å². The van der Waals surface area contributed by atoms with Gasteiger partial charge in [-0.25, -0.2) is 9.97 Å². The second kappa shape index (κ2) is 11.8. The van der Waals surface area contributed by atoms with E-state index in [0.717, 1.165) is 27.8 Å². The summed E-state index contributed by atoms with van der Waals surface area (Å²) in [6.45, 7) is 9.05. The predicted octanol–water partition coefficient (Wildman–Crippen LogP) is 6.44. The van der Waals surface area contributed by atoms with Crippen molar-refractivity contribution in [2.75, 3.05) is 14.2 Å². The number of aromatic nitrogens is 4. The highest BCUT2D eigenvalue weighted by Gasteiger charge is 2.22. The summed E-state index contributed by atoms with van der Waals surface area (Å²) in [6, 6.07) is 9.06. The Morgan fingerprint density at radius 2 is 1.35 bits per heavy atom. The average molecular weight is 583 g/mol. The number of rotatable bonds is 7. The van der Waals surface area contributed by atoms with Gasteiger partial charge in [0.2, 0.25) is 0 Å². The van der Waals surface area contributed by atoms with Crippen LogP contribution in [0.4, 0.5) is 0 Å². The van der Waals surface area contributed by atoms with E-state index in [1.807, 2.05) is 39.8 Å². The number of nitrogens with zero attached hydrogens (tertiary/aromatic N) is 2. The van der Waals surface area contributed by atoms with Gasteiger partial charge in [0.25, 0.3) is 0 Å². The fraction of sp³-hybridized carbons (Fsp3) is 0.324. The van der Waals surface area contributed by atoms with Gasteiger partial charge < -0.3 is 19.4 Å². The molecule has 0 spiro atoms. The standard InChI is InChI=1S/C34H36N4O5/c1-17-12-22-13-26-20(4)34(21(5)39)31(38-26)15-28-19(3)24(9-11-33(41)43-7)30(37-28)16-29-23(8-10-32(40)42-6)18(2)27(36-29)14-25(17)35-22/h12-16,35,37H,8-11H2,1-7H3/i/hD2.